The zero-order valence-electron chi connectivity index (χ0n) is 8.65. The number of piperidine rings is 1. The summed E-state index contributed by atoms with van der Waals surface area (Å²) in [7, 11) is 0. The smallest absolute Gasteiger partial charge is 0.306 e. The van der Waals surface area contributed by atoms with Crippen molar-refractivity contribution in [1.29, 1.82) is 0 Å². The van der Waals surface area contributed by atoms with Gasteiger partial charge in [0.15, 0.2) is 0 Å². The van der Waals surface area contributed by atoms with Gasteiger partial charge in [0.2, 0.25) is 0 Å². The van der Waals surface area contributed by atoms with Crippen LogP contribution in [0.15, 0.2) is 0 Å². The molecule has 1 saturated heterocycles. The Balaban J connectivity index is 2.50. The van der Waals surface area contributed by atoms with E-state index >= 15 is 0 Å². The molecule has 0 amide bonds. The largest absolute Gasteiger partial charge is 0.481 e. The second-order valence-electron chi connectivity index (χ2n) is 3.88. The monoisotopic (exact) mass is 201 g/mol. The molecule has 1 heterocycles. The van der Waals surface area contributed by atoms with E-state index in [2.05, 4.69) is 11.8 Å². The minimum Gasteiger partial charge on any atom is -0.481 e. The number of carboxylic acid groups (broad SMARTS) is 1. The Hall–Kier alpha value is -0.610. The number of carbonyl (C=O) groups is 1. The molecule has 2 N–H and O–H groups in total. The molecule has 0 bridgehead atoms. The topological polar surface area (TPSA) is 60.8 Å². The number of aliphatic hydroxyl groups is 1. The Morgan fingerprint density at radius 2 is 2.29 bits per heavy atom. The van der Waals surface area contributed by atoms with Gasteiger partial charge in [0.25, 0.3) is 0 Å². The summed E-state index contributed by atoms with van der Waals surface area (Å²) >= 11 is 0. The zero-order chi connectivity index (χ0) is 10.6. The molecule has 2 atom stereocenters. The molecule has 1 fully saturated rings. The summed E-state index contributed by atoms with van der Waals surface area (Å²) < 4.78 is 0. The lowest BCUT2D eigenvalue weighted by Crippen LogP contribution is -2.45. The van der Waals surface area contributed by atoms with Crippen LogP contribution in [-0.2, 0) is 4.79 Å². The van der Waals surface area contributed by atoms with Gasteiger partial charge in [0, 0.05) is 12.6 Å². The number of carboxylic acids is 1. The maximum absolute atomic E-state index is 10.8. The van der Waals surface area contributed by atoms with Crippen LogP contribution in [0, 0.1) is 5.92 Å². The minimum atomic E-state index is -0.674. The molecule has 82 valence electrons. The van der Waals surface area contributed by atoms with Crippen LogP contribution >= 0.6 is 0 Å². The molecule has 14 heavy (non-hydrogen) atoms. The fourth-order valence-electron chi connectivity index (χ4n) is 2.17. The fraction of sp³-hybridized carbons (Fsp3) is 0.900. The summed E-state index contributed by atoms with van der Waals surface area (Å²) in [6.45, 7) is 3.70. The maximum atomic E-state index is 10.8. The van der Waals surface area contributed by atoms with Gasteiger partial charge >= 0.3 is 5.97 Å². The third-order valence-corrected chi connectivity index (χ3v) is 3.05. The maximum Gasteiger partial charge on any atom is 0.306 e. The van der Waals surface area contributed by atoms with E-state index in [-0.39, 0.29) is 12.5 Å². The van der Waals surface area contributed by atoms with E-state index in [1.807, 2.05) is 0 Å². The molecule has 0 aliphatic carbocycles. The van der Waals surface area contributed by atoms with Gasteiger partial charge in [-0.1, -0.05) is 6.92 Å². The van der Waals surface area contributed by atoms with Gasteiger partial charge in [-0.15, -0.1) is 0 Å². The van der Waals surface area contributed by atoms with E-state index in [9.17, 15) is 4.79 Å². The van der Waals surface area contributed by atoms with Crippen LogP contribution in [0.25, 0.3) is 0 Å². The Labute approximate surface area is 84.5 Å². The van der Waals surface area contributed by atoms with Gasteiger partial charge in [-0.3, -0.25) is 9.69 Å². The molecule has 1 rings (SSSR count). The third-order valence-electron chi connectivity index (χ3n) is 3.05. The van der Waals surface area contributed by atoms with Gasteiger partial charge in [-0.2, -0.15) is 0 Å². The van der Waals surface area contributed by atoms with Crippen molar-refractivity contribution in [3.8, 4) is 0 Å². The highest BCUT2D eigenvalue weighted by molar-refractivity contribution is 5.70. The molecule has 0 aromatic carbocycles. The molecule has 0 saturated carbocycles. The zero-order valence-corrected chi connectivity index (χ0v) is 8.65. The highest BCUT2D eigenvalue weighted by Crippen LogP contribution is 2.24. The summed E-state index contributed by atoms with van der Waals surface area (Å²) in [4.78, 5) is 13.0. The van der Waals surface area contributed by atoms with Crippen LogP contribution in [0.4, 0.5) is 0 Å². The number of nitrogens with zero attached hydrogens (tertiary/aromatic N) is 1. The van der Waals surface area contributed by atoms with Gasteiger partial charge in [-0.05, 0) is 25.8 Å². The van der Waals surface area contributed by atoms with E-state index in [0.29, 0.717) is 19.0 Å². The first kappa shape index (κ1) is 11.5. The lowest BCUT2D eigenvalue weighted by Gasteiger charge is -2.37. The van der Waals surface area contributed by atoms with Gasteiger partial charge < -0.3 is 10.2 Å². The average Bonchev–Trinajstić information content (AvgIpc) is 2.18. The number of rotatable bonds is 4. The van der Waals surface area contributed by atoms with Crippen molar-refractivity contribution in [2.24, 2.45) is 5.92 Å². The van der Waals surface area contributed by atoms with Gasteiger partial charge in [-0.25, -0.2) is 0 Å². The molecule has 0 radical (unpaired) electrons. The standard InChI is InChI=1S/C10H19NO3/c1-2-9-7-8(10(13)14)3-4-11(9)5-6-12/h8-9,12H,2-7H2,1H3,(H,13,14). The van der Waals surface area contributed by atoms with Crippen molar-refractivity contribution >= 4 is 5.97 Å². The molecule has 0 aromatic heterocycles. The second-order valence-corrected chi connectivity index (χ2v) is 3.88. The quantitative estimate of drug-likeness (QED) is 0.697. The van der Waals surface area contributed by atoms with Crippen molar-refractivity contribution in [1.82, 2.24) is 4.90 Å². The fourth-order valence-corrected chi connectivity index (χ4v) is 2.17. The first-order chi connectivity index (χ1) is 6.69. The van der Waals surface area contributed by atoms with Crippen LogP contribution in [-0.4, -0.2) is 46.8 Å². The Morgan fingerprint density at radius 1 is 1.57 bits per heavy atom. The number of β-amino-alcohol motifs (C(OH)–C–C–N with tert-alkyl or cyclic N) is 1. The summed E-state index contributed by atoms with van der Waals surface area (Å²) in [6, 6.07) is 0.331. The third kappa shape index (κ3) is 2.69. The Morgan fingerprint density at radius 3 is 2.79 bits per heavy atom. The SMILES string of the molecule is CCC1CC(C(=O)O)CCN1CCO. The lowest BCUT2D eigenvalue weighted by molar-refractivity contribution is -0.144. The van der Waals surface area contributed by atoms with Crippen LogP contribution < -0.4 is 0 Å². The molecular formula is C10H19NO3. The van der Waals surface area contributed by atoms with Crippen LogP contribution in [0.2, 0.25) is 0 Å². The number of hydrogen-bond donors (Lipinski definition) is 2. The second kappa shape index (κ2) is 5.32. The predicted molar refractivity (Wildman–Crippen MR) is 53.1 cm³/mol. The molecule has 1 aliphatic rings. The highest BCUT2D eigenvalue weighted by Gasteiger charge is 2.30. The summed E-state index contributed by atoms with van der Waals surface area (Å²) in [5.41, 5.74) is 0. The Kier molecular flexibility index (Phi) is 4.35. The molecule has 0 aromatic rings. The normalized spacial score (nSPS) is 29.0. The van der Waals surface area contributed by atoms with Crippen molar-refractivity contribution in [2.75, 3.05) is 19.7 Å². The Bertz CT molecular complexity index is 196. The van der Waals surface area contributed by atoms with Crippen LogP contribution in [0.3, 0.4) is 0 Å². The lowest BCUT2D eigenvalue weighted by atomic mass is 9.89. The summed E-state index contributed by atoms with van der Waals surface area (Å²) in [5.74, 6) is -0.859. The predicted octanol–water partition coefficient (Wildman–Crippen LogP) is 0.554. The van der Waals surface area contributed by atoms with Gasteiger partial charge in [0.05, 0.1) is 12.5 Å². The van der Waals surface area contributed by atoms with E-state index < -0.39 is 5.97 Å². The molecule has 2 unspecified atom stereocenters. The van der Waals surface area contributed by atoms with Crippen molar-refractivity contribution in [2.45, 2.75) is 32.2 Å². The summed E-state index contributed by atoms with van der Waals surface area (Å²) in [5, 5.41) is 17.7. The first-order valence-corrected chi connectivity index (χ1v) is 5.26. The molecular weight excluding hydrogens is 182 g/mol. The number of aliphatic hydroxyl groups excluding tert-OH is 1. The number of aliphatic carboxylic acids is 1. The van der Waals surface area contributed by atoms with E-state index in [0.717, 1.165) is 19.4 Å². The average molecular weight is 201 g/mol. The van der Waals surface area contributed by atoms with Crippen molar-refractivity contribution < 1.29 is 15.0 Å². The number of hydrogen-bond acceptors (Lipinski definition) is 3. The van der Waals surface area contributed by atoms with Gasteiger partial charge in [0.1, 0.15) is 0 Å². The number of likely N-dealkylation sites (tertiary alicyclic amines) is 1. The van der Waals surface area contributed by atoms with Crippen molar-refractivity contribution in [3.63, 3.8) is 0 Å². The molecule has 4 nitrogen and oxygen atoms in total. The van der Waals surface area contributed by atoms with E-state index in [4.69, 9.17) is 10.2 Å². The first-order valence-electron chi connectivity index (χ1n) is 5.26. The molecule has 1 aliphatic heterocycles. The van der Waals surface area contributed by atoms with Crippen molar-refractivity contribution in [3.05, 3.63) is 0 Å². The molecule has 0 spiro atoms. The van der Waals surface area contributed by atoms with Crippen LogP contribution in [0.1, 0.15) is 26.2 Å². The van der Waals surface area contributed by atoms with E-state index in [1.165, 1.54) is 0 Å². The summed E-state index contributed by atoms with van der Waals surface area (Å²) in [6.07, 6.45) is 2.40. The minimum absolute atomic E-state index is 0.161. The molecule has 4 heteroatoms. The van der Waals surface area contributed by atoms with E-state index in [1.54, 1.807) is 0 Å². The van der Waals surface area contributed by atoms with Crippen LogP contribution in [0.5, 0.6) is 0 Å². The highest BCUT2D eigenvalue weighted by atomic mass is 16.4.